The van der Waals surface area contributed by atoms with E-state index in [2.05, 4.69) is 35.8 Å². The Bertz CT molecular complexity index is 844. The summed E-state index contributed by atoms with van der Waals surface area (Å²) < 4.78 is 46.6. The fourth-order valence-corrected chi connectivity index (χ4v) is 2.59. The first-order chi connectivity index (χ1) is 13.4. The highest BCUT2D eigenvalue weighted by atomic mass is 19.4. The summed E-state index contributed by atoms with van der Waals surface area (Å²) in [5.74, 6) is 0.129. The van der Waals surface area contributed by atoms with Crippen LogP contribution in [0.3, 0.4) is 0 Å². The Morgan fingerprint density at radius 3 is 2.38 bits per heavy atom. The van der Waals surface area contributed by atoms with Crippen molar-refractivity contribution in [2.24, 2.45) is 0 Å². The van der Waals surface area contributed by atoms with Crippen LogP contribution in [0.25, 0.3) is 0 Å². The predicted molar refractivity (Wildman–Crippen MR) is 103 cm³/mol. The van der Waals surface area contributed by atoms with E-state index in [1.54, 1.807) is 13.0 Å². The highest BCUT2D eigenvalue weighted by Crippen LogP contribution is 2.29. The van der Waals surface area contributed by atoms with Crippen molar-refractivity contribution in [3.8, 4) is 11.5 Å². The van der Waals surface area contributed by atoms with Gasteiger partial charge in [0.25, 0.3) is 5.91 Å². The van der Waals surface area contributed by atoms with E-state index in [1.807, 2.05) is 12.1 Å². The fraction of sp³-hybridized carbons (Fsp3) is 0.429. The molecule has 0 aliphatic heterocycles. The zero-order chi connectivity index (χ0) is 21.8. The summed E-state index contributed by atoms with van der Waals surface area (Å²) in [6, 6.07) is 7.86. The van der Waals surface area contributed by atoms with Crippen LogP contribution in [0.2, 0.25) is 0 Å². The van der Waals surface area contributed by atoms with Gasteiger partial charge in [0.05, 0.1) is 30.6 Å². The summed E-state index contributed by atoms with van der Waals surface area (Å²) in [7, 11) is 1.50. The van der Waals surface area contributed by atoms with Gasteiger partial charge in [0.2, 0.25) is 0 Å². The standard InChI is InChI=1S/C21H25F3N2O3/c1-13(17-9-7-15(11-25-17)29-12-21(22,23)24)26-19(27)16-8-6-14(20(2,3)4)10-18(16)28-5/h6-11,13H,12H2,1-5H3,(H,26,27)/t13-/m1/s1. The minimum Gasteiger partial charge on any atom is -0.496 e. The number of nitrogens with zero attached hydrogens (tertiary/aromatic N) is 1. The molecule has 1 N–H and O–H groups in total. The molecule has 8 heteroatoms. The second-order valence-corrected chi connectivity index (χ2v) is 7.68. The van der Waals surface area contributed by atoms with Crippen LogP contribution in [0.1, 0.15) is 55.4 Å². The van der Waals surface area contributed by atoms with Crippen molar-refractivity contribution in [2.75, 3.05) is 13.7 Å². The highest BCUT2D eigenvalue weighted by Gasteiger charge is 2.28. The molecule has 0 radical (unpaired) electrons. The second kappa shape index (κ2) is 8.71. The normalized spacial score (nSPS) is 13.0. The van der Waals surface area contributed by atoms with Crippen molar-refractivity contribution in [3.05, 3.63) is 53.3 Å². The lowest BCUT2D eigenvalue weighted by Gasteiger charge is -2.21. The second-order valence-electron chi connectivity index (χ2n) is 7.68. The van der Waals surface area contributed by atoms with Gasteiger partial charge < -0.3 is 14.8 Å². The van der Waals surface area contributed by atoms with E-state index in [1.165, 1.54) is 25.4 Å². The van der Waals surface area contributed by atoms with Crippen molar-refractivity contribution in [1.82, 2.24) is 10.3 Å². The van der Waals surface area contributed by atoms with Crippen molar-refractivity contribution >= 4 is 5.91 Å². The van der Waals surface area contributed by atoms with Crippen LogP contribution in [0.5, 0.6) is 11.5 Å². The van der Waals surface area contributed by atoms with Gasteiger partial charge in [-0.3, -0.25) is 9.78 Å². The number of alkyl halides is 3. The minimum atomic E-state index is -4.42. The zero-order valence-electron chi connectivity index (χ0n) is 17.1. The van der Waals surface area contributed by atoms with Gasteiger partial charge in [0.15, 0.2) is 6.61 Å². The van der Waals surface area contributed by atoms with Gasteiger partial charge in [-0.2, -0.15) is 13.2 Å². The maximum atomic E-state index is 12.7. The monoisotopic (exact) mass is 410 g/mol. The molecule has 0 aliphatic carbocycles. The SMILES string of the molecule is COc1cc(C(C)(C)C)ccc1C(=O)N[C@H](C)c1ccc(OCC(F)(F)F)cn1. The van der Waals surface area contributed by atoms with E-state index < -0.39 is 18.8 Å². The number of rotatable bonds is 6. The van der Waals surface area contributed by atoms with Crippen molar-refractivity contribution < 1.29 is 27.4 Å². The minimum absolute atomic E-state index is 0.00374. The number of carbonyl (C=O) groups is 1. The lowest BCUT2D eigenvalue weighted by atomic mass is 9.86. The third-order valence-corrected chi connectivity index (χ3v) is 4.27. The van der Waals surface area contributed by atoms with Gasteiger partial charge in [0, 0.05) is 0 Å². The predicted octanol–water partition coefficient (Wildman–Crippen LogP) is 4.82. The van der Waals surface area contributed by atoms with Crippen LogP contribution >= 0.6 is 0 Å². The van der Waals surface area contributed by atoms with Gasteiger partial charge in [-0.1, -0.05) is 26.8 Å². The fourth-order valence-electron chi connectivity index (χ4n) is 2.59. The molecule has 0 bridgehead atoms. The lowest BCUT2D eigenvalue weighted by molar-refractivity contribution is -0.153. The molecule has 0 unspecified atom stereocenters. The van der Waals surface area contributed by atoms with Gasteiger partial charge in [-0.25, -0.2) is 0 Å². The number of hydrogen-bond acceptors (Lipinski definition) is 4. The van der Waals surface area contributed by atoms with Gasteiger partial charge in [0.1, 0.15) is 11.5 Å². The number of amides is 1. The number of aromatic nitrogens is 1. The molecule has 0 fully saturated rings. The number of carbonyl (C=O) groups excluding carboxylic acids is 1. The van der Waals surface area contributed by atoms with Gasteiger partial charge in [-0.15, -0.1) is 0 Å². The topological polar surface area (TPSA) is 60.5 Å². The molecule has 0 saturated carbocycles. The van der Waals surface area contributed by atoms with E-state index in [0.29, 0.717) is 17.0 Å². The molecule has 0 saturated heterocycles. The molecule has 1 atom stereocenters. The van der Waals surface area contributed by atoms with Crippen molar-refractivity contribution in [1.29, 1.82) is 0 Å². The Balaban J connectivity index is 2.08. The molecule has 158 valence electrons. The number of hydrogen-bond donors (Lipinski definition) is 1. The van der Waals surface area contributed by atoms with Crippen molar-refractivity contribution in [3.63, 3.8) is 0 Å². The molecule has 1 amide bonds. The first kappa shape index (κ1) is 22.5. The summed E-state index contributed by atoms with van der Waals surface area (Å²) in [5.41, 5.74) is 1.82. The molecule has 0 spiro atoms. The highest BCUT2D eigenvalue weighted by molar-refractivity contribution is 5.97. The zero-order valence-corrected chi connectivity index (χ0v) is 17.1. The third-order valence-electron chi connectivity index (χ3n) is 4.27. The van der Waals surface area contributed by atoms with Crippen LogP contribution in [-0.2, 0) is 5.41 Å². The maximum Gasteiger partial charge on any atom is 0.422 e. The van der Waals surface area contributed by atoms with E-state index in [0.717, 1.165) is 5.56 Å². The van der Waals surface area contributed by atoms with Gasteiger partial charge >= 0.3 is 6.18 Å². The Hall–Kier alpha value is -2.77. The number of methoxy groups -OCH3 is 1. The number of pyridine rings is 1. The summed E-state index contributed by atoms with van der Waals surface area (Å²) in [4.78, 5) is 16.8. The molecular formula is C21H25F3N2O3. The molecule has 5 nitrogen and oxygen atoms in total. The quantitative estimate of drug-likeness (QED) is 0.742. The largest absolute Gasteiger partial charge is 0.496 e. The summed E-state index contributed by atoms with van der Waals surface area (Å²) >= 11 is 0. The van der Waals surface area contributed by atoms with Crippen LogP contribution in [0, 0.1) is 0 Å². The van der Waals surface area contributed by atoms with E-state index >= 15 is 0 Å². The van der Waals surface area contributed by atoms with E-state index in [9.17, 15) is 18.0 Å². The van der Waals surface area contributed by atoms with Gasteiger partial charge in [-0.05, 0) is 42.2 Å². The summed E-state index contributed by atoms with van der Waals surface area (Å²) in [6.45, 7) is 6.54. The molecule has 0 aliphatic rings. The van der Waals surface area contributed by atoms with Crippen molar-refractivity contribution in [2.45, 2.75) is 45.3 Å². The molecule has 2 rings (SSSR count). The van der Waals surface area contributed by atoms with Crippen LogP contribution in [-0.4, -0.2) is 30.8 Å². The Labute approximate surface area is 168 Å². The Morgan fingerprint density at radius 1 is 1.17 bits per heavy atom. The molecule has 2 aromatic rings. The molecule has 29 heavy (non-hydrogen) atoms. The smallest absolute Gasteiger partial charge is 0.422 e. The molecule has 1 aromatic carbocycles. The average Bonchev–Trinajstić information content (AvgIpc) is 2.64. The van der Waals surface area contributed by atoms with Crippen LogP contribution in [0.15, 0.2) is 36.5 Å². The van der Waals surface area contributed by atoms with E-state index in [4.69, 9.17) is 4.74 Å². The Morgan fingerprint density at radius 2 is 1.86 bits per heavy atom. The molecule has 1 aromatic heterocycles. The number of ether oxygens (including phenoxy) is 2. The maximum absolute atomic E-state index is 12.7. The lowest BCUT2D eigenvalue weighted by Crippen LogP contribution is -2.28. The number of benzene rings is 1. The number of nitrogens with one attached hydrogen (secondary N) is 1. The van der Waals surface area contributed by atoms with Crippen LogP contribution < -0.4 is 14.8 Å². The van der Waals surface area contributed by atoms with Crippen LogP contribution in [0.4, 0.5) is 13.2 Å². The third kappa shape index (κ3) is 6.37. The summed E-state index contributed by atoms with van der Waals surface area (Å²) in [5, 5.41) is 2.82. The number of halogens is 3. The first-order valence-electron chi connectivity index (χ1n) is 9.05. The molecule has 1 heterocycles. The average molecular weight is 410 g/mol. The van der Waals surface area contributed by atoms with E-state index in [-0.39, 0.29) is 17.1 Å². The first-order valence-corrected chi connectivity index (χ1v) is 9.05. The summed E-state index contributed by atoms with van der Waals surface area (Å²) in [6.07, 6.45) is -3.22. The molecular weight excluding hydrogens is 385 g/mol. The Kier molecular flexibility index (Phi) is 6.77.